The highest BCUT2D eigenvalue weighted by Crippen LogP contribution is 2.10. The minimum absolute atomic E-state index is 0.531. The molecule has 0 aliphatic heterocycles. The van der Waals surface area contributed by atoms with Gasteiger partial charge in [0.2, 0.25) is 0 Å². The first-order valence-corrected chi connectivity index (χ1v) is 4.07. The molecule has 1 unspecified atom stereocenters. The summed E-state index contributed by atoms with van der Waals surface area (Å²) in [5.74, 6) is -0.629. The number of esters is 1. The molecule has 0 aromatic carbocycles. The van der Waals surface area contributed by atoms with Gasteiger partial charge in [-0.15, -0.1) is 0 Å². The highest BCUT2D eigenvalue weighted by atomic mass is 16.5. The highest BCUT2D eigenvalue weighted by Gasteiger charge is 2.17. The van der Waals surface area contributed by atoms with E-state index in [2.05, 4.69) is 11.3 Å². The number of carbonyl (C=O) groups is 1. The maximum atomic E-state index is 10.8. The standard InChI is InChI=1S/C9H16O3/c1-4-5-6-7(2)8(10)9(11)12-3/h8,10H,2,4-6H2,1,3H3. The lowest BCUT2D eigenvalue weighted by atomic mass is 10.1. The predicted molar refractivity (Wildman–Crippen MR) is 46.7 cm³/mol. The summed E-state index contributed by atoms with van der Waals surface area (Å²) < 4.78 is 4.36. The number of unbranched alkanes of at least 4 members (excludes halogenated alkanes) is 1. The summed E-state index contributed by atoms with van der Waals surface area (Å²) in [6, 6.07) is 0. The minimum Gasteiger partial charge on any atom is -0.467 e. The van der Waals surface area contributed by atoms with Crippen LogP contribution in [-0.4, -0.2) is 24.3 Å². The Labute approximate surface area is 73.0 Å². The molecule has 0 aliphatic rings. The van der Waals surface area contributed by atoms with Crippen LogP contribution in [0.25, 0.3) is 0 Å². The summed E-state index contributed by atoms with van der Waals surface area (Å²) in [6.45, 7) is 5.65. The van der Waals surface area contributed by atoms with Gasteiger partial charge in [-0.25, -0.2) is 4.79 Å². The molecular weight excluding hydrogens is 156 g/mol. The Morgan fingerprint density at radius 1 is 1.67 bits per heavy atom. The zero-order valence-corrected chi connectivity index (χ0v) is 7.67. The van der Waals surface area contributed by atoms with E-state index < -0.39 is 12.1 Å². The lowest BCUT2D eigenvalue weighted by Crippen LogP contribution is -2.23. The van der Waals surface area contributed by atoms with E-state index in [9.17, 15) is 9.90 Å². The van der Waals surface area contributed by atoms with Crippen LogP contribution in [0.3, 0.4) is 0 Å². The Kier molecular flexibility index (Phi) is 5.37. The Bertz CT molecular complexity index is 163. The number of methoxy groups -OCH3 is 1. The zero-order chi connectivity index (χ0) is 9.56. The van der Waals surface area contributed by atoms with E-state index in [0.29, 0.717) is 12.0 Å². The molecule has 0 rings (SSSR count). The van der Waals surface area contributed by atoms with Gasteiger partial charge in [0.05, 0.1) is 7.11 Å². The number of hydrogen-bond donors (Lipinski definition) is 1. The molecule has 1 N–H and O–H groups in total. The second-order valence-electron chi connectivity index (χ2n) is 2.69. The summed E-state index contributed by atoms with van der Waals surface area (Å²) in [7, 11) is 1.25. The average Bonchev–Trinajstić information content (AvgIpc) is 2.11. The van der Waals surface area contributed by atoms with E-state index in [1.807, 2.05) is 6.92 Å². The lowest BCUT2D eigenvalue weighted by Gasteiger charge is -2.10. The van der Waals surface area contributed by atoms with Crippen LogP contribution in [0.2, 0.25) is 0 Å². The molecule has 0 aromatic rings. The third-order valence-corrected chi connectivity index (χ3v) is 1.66. The molecule has 0 heterocycles. The van der Waals surface area contributed by atoms with Gasteiger partial charge in [-0.3, -0.25) is 0 Å². The molecule has 3 nitrogen and oxygen atoms in total. The van der Waals surface area contributed by atoms with Crippen LogP contribution in [0.15, 0.2) is 12.2 Å². The van der Waals surface area contributed by atoms with Crippen molar-refractivity contribution in [3.63, 3.8) is 0 Å². The lowest BCUT2D eigenvalue weighted by molar-refractivity contribution is -0.148. The summed E-state index contributed by atoms with van der Waals surface area (Å²) in [5.41, 5.74) is 0.531. The van der Waals surface area contributed by atoms with E-state index in [1.54, 1.807) is 0 Å². The third kappa shape index (κ3) is 3.53. The Balaban J connectivity index is 3.84. The first-order chi connectivity index (χ1) is 5.63. The van der Waals surface area contributed by atoms with Crippen LogP contribution in [-0.2, 0) is 9.53 Å². The van der Waals surface area contributed by atoms with Crippen LogP contribution in [0.5, 0.6) is 0 Å². The Morgan fingerprint density at radius 3 is 2.67 bits per heavy atom. The summed E-state index contributed by atoms with van der Waals surface area (Å²) >= 11 is 0. The van der Waals surface area contributed by atoms with Crippen LogP contribution in [0.4, 0.5) is 0 Å². The second-order valence-corrected chi connectivity index (χ2v) is 2.69. The monoisotopic (exact) mass is 172 g/mol. The third-order valence-electron chi connectivity index (χ3n) is 1.66. The van der Waals surface area contributed by atoms with Crippen molar-refractivity contribution >= 4 is 5.97 Å². The molecule has 0 saturated heterocycles. The van der Waals surface area contributed by atoms with Crippen LogP contribution >= 0.6 is 0 Å². The van der Waals surface area contributed by atoms with Gasteiger partial charge >= 0.3 is 5.97 Å². The van der Waals surface area contributed by atoms with Crippen molar-refractivity contribution in [2.45, 2.75) is 32.3 Å². The van der Waals surface area contributed by atoms with Crippen molar-refractivity contribution in [1.82, 2.24) is 0 Å². The number of hydrogen-bond acceptors (Lipinski definition) is 3. The quantitative estimate of drug-likeness (QED) is 0.501. The van der Waals surface area contributed by atoms with Gasteiger partial charge in [0, 0.05) is 0 Å². The first-order valence-electron chi connectivity index (χ1n) is 4.07. The molecule has 70 valence electrons. The fourth-order valence-corrected chi connectivity index (χ4v) is 0.819. The van der Waals surface area contributed by atoms with Crippen LogP contribution < -0.4 is 0 Å². The van der Waals surface area contributed by atoms with Gasteiger partial charge < -0.3 is 9.84 Å². The molecule has 0 amide bonds. The molecule has 0 fully saturated rings. The smallest absolute Gasteiger partial charge is 0.339 e. The van der Waals surface area contributed by atoms with Gasteiger partial charge in [-0.1, -0.05) is 19.9 Å². The molecular formula is C9H16O3. The molecule has 0 saturated carbocycles. The van der Waals surface area contributed by atoms with Crippen molar-refractivity contribution in [2.24, 2.45) is 0 Å². The van der Waals surface area contributed by atoms with E-state index >= 15 is 0 Å². The van der Waals surface area contributed by atoms with Gasteiger partial charge in [0.25, 0.3) is 0 Å². The summed E-state index contributed by atoms with van der Waals surface area (Å²) in [5, 5.41) is 9.24. The average molecular weight is 172 g/mol. The van der Waals surface area contributed by atoms with Gasteiger partial charge in [-0.2, -0.15) is 0 Å². The number of aliphatic hydroxyl groups is 1. The van der Waals surface area contributed by atoms with Gasteiger partial charge in [0.15, 0.2) is 6.10 Å². The largest absolute Gasteiger partial charge is 0.467 e. The topological polar surface area (TPSA) is 46.5 Å². The molecule has 0 spiro atoms. The fourth-order valence-electron chi connectivity index (χ4n) is 0.819. The molecule has 0 aliphatic carbocycles. The second kappa shape index (κ2) is 5.77. The Hall–Kier alpha value is -0.830. The SMILES string of the molecule is C=C(CCCC)C(O)C(=O)OC. The van der Waals surface area contributed by atoms with Gasteiger partial charge in [-0.05, 0) is 18.4 Å². The number of carbonyl (C=O) groups excluding carboxylic acids is 1. The van der Waals surface area contributed by atoms with E-state index in [4.69, 9.17) is 0 Å². The summed E-state index contributed by atoms with van der Waals surface area (Å²) in [6.07, 6.45) is 1.48. The highest BCUT2D eigenvalue weighted by molar-refractivity contribution is 5.77. The van der Waals surface area contributed by atoms with E-state index in [0.717, 1.165) is 12.8 Å². The van der Waals surface area contributed by atoms with Crippen molar-refractivity contribution in [1.29, 1.82) is 0 Å². The fraction of sp³-hybridized carbons (Fsp3) is 0.667. The van der Waals surface area contributed by atoms with Gasteiger partial charge in [0.1, 0.15) is 0 Å². The van der Waals surface area contributed by atoms with Crippen LogP contribution in [0.1, 0.15) is 26.2 Å². The minimum atomic E-state index is -1.15. The summed E-state index contributed by atoms with van der Waals surface area (Å²) in [4.78, 5) is 10.8. The molecule has 0 radical (unpaired) electrons. The number of ether oxygens (including phenoxy) is 1. The van der Waals surface area contributed by atoms with Crippen molar-refractivity contribution in [3.8, 4) is 0 Å². The zero-order valence-electron chi connectivity index (χ0n) is 7.67. The molecule has 0 aromatic heterocycles. The van der Waals surface area contributed by atoms with E-state index in [1.165, 1.54) is 7.11 Å². The maximum absolute atomic E-state index is 10.8. The van der Waals surface area contributed by atoms with Crippen molar-refractivity contribution in [3.05, 3.63) is 12.2 Å². The first kappa shape index (κ1) is 11.2. The predicted octanol–water partition coefficient (Wildman–Crippen LogP) is 1.27. The molecule has 1 atom stereocenters. The van der Waals surface area contributed by atoms with Crippen LogP contribution in [0, 0.1) is 0 Å². The van der Waals surface area contributed by atoms with Crippen molar-refractivity contribution in [2.75, 3.05) is 7.11 Å². The van der Waals surface area contributed by atoms with Crippen molar-refractivity contribution < 1.29 is 14.6 Å². The molecule has 12 heavy (non-hydrogen) atoms. The molecule has 0 bridgehead atoms. The normalized spacial score (nSPS) is 12.2. The van der Waals surface area contributed by atoms with E-state index in [-0.39, 0.29) is 0 Å². The molecule has 3 heteroatoms. The number of aliphatic hydroxyl groups excluding tert-OH is 1. The number of rotatable bonds is 5. The Morgan fingerprint density at radius 2 is 2.25 bits per heavy atom. The maximum Gasteiger partial charge on any atom is 0.339 e.